The smallest absolute Gasteiger partial charge is 0.244 e. The first-order valence-corrected chi connectivity index (χ1v) is 6.94. The van der Waals surface area contributed by atoms with E-state index in [1.807, 2.05) is 24.3 Å². The maximum atomic E-state index is 11.8. The zero-order chi connectivity index (χ0) is 14.4. The van der Waals surface area contributed by atoms with Crippen molar-refractivity contribution in [1.29, 1.82) is 0 Å². The molecule has 0 radical (unpaired) electrons. The van der Waals surface area contributed by atoms with Crippen molar-refractivity contribution in [2.45, 2.75) is 19.3 Å². The highest BCUT2D eigenvalue weighted by atomic mass is 16.5. The van der Waals surface area contributed by atoms with E-state index in [-0.39, 0.29) is 11.3 Å². The molecular formula is C16H22N2O2. The summed E-state index contributed by atoms with van der Waals surface area (Å²) in [6.45, 7) is 1.50. The first kappa shape index (κ1) is 14.6. The van der Waals surface area contributed by atoms with Gasteiger partial charge >= 0.3 is 0 Å². The monoisotopic (exact) mass is 274 g/mol. The summed E-state index contributed by atoms with van der Waals surface area (Å²) in [5, 5.41) is 2.97. The largest absolute Gasteiger partial charge is 0.399 e. The summed E-state index contributed by atoms with van der Waals surface area (Å²) in [7, 11) is 1.71. The van der Waals surface area contributed by atoms with Crippen molar-refractivity contribution in [3.8, 4) is 0 Å². The van der Waals surface area contributed by atoms with E-state index >= 15 is 0 Å². The molecule has 4 heteroatoms. The van der Waals surface area contributed by atoms with Crippen LogP contribution >= 0.6 is 0 Å². The summed E-state index contributed by atoms with van der Waals surface area (Å²) in [5.41, 5.74) is 7.58. The predicted molar refractivity (Wildman–Crippen MR) is 81.1 cm³/mol. The molecule has 20 heavy (non-hydrogen) atoms. The van der Waals surface area contributed by atoms with Crippen molar-refractivity contribution in [3.63, 3.8) is 0 Å². The van der Waals surface area contributed by atoms with Gasteiger partial charge in [-0.15, -0.1) is 0 Å². The van der Waals surface area contributed by atoms with E-state index in [0.717, 1.165) is 30.8 Å². The maximum Gasteiger partial charge on any atom is 0.244 e. The molecule has 0 atom stereocenters. The van der Waals surface area contributed by atoms with Gasteiger partial charge in [-0.2, -0.15) is 0 Å². The molecule has 1 fully saturated rings. The van der Waals surface area contributed by atoms with Gasteiger partial charge in [0.05, 0.1) is 0 Å². The molecule has 1 amide bonds. The topological polar surface area (TPSA) is 64.3 Å². The van der Waals surface area contributed by atoms with Gasteiger partial charge in [-0.1, -0.05) is 12.1 Å². The minimum absolute atomic E-state index is 0.0504. The van der Waals surface area contributed by atoms with Crippen LogP contribution in [0.4, 0.5) is 5.69 Å². The Hall–Kier alpha value is -1.81. The zero-order valence-electron chi connectivity index (χ0n) is 11.9. The number of methoxy groups -OCH3 is 1. The third-order valence-corrected chi connectivity index (χ3v) is 3.79. The Morgan fingerprint density at radius 2 is 2.10 bits per heavy atom. The number of amides is 1. The van der Waals surface area contributed by atoms with Gasteiger partial charge in [0.15, 0.2) is 0 Å². The number of anilines is 1. The van der Waals surface area contributed by atoms with Gasteiger partial charge in [-0.05, 0) is 48.4 Å². The maximum absolute atomic E-state index is 11.8. The quantitative estimate of drug-likeness (QED) is 0.592. The fourth-order valence-electron chi connectivity index (χ4n) is 2.12. The zero-order valence-corrected chi connectivity index (χ0v) is 11.9. The molecule has 4 nitrogen and oxygen atoms in total. The van der Waals surface area contributed by atoms with Gasteiger partial charge in [-0.3, -0.25) is 4.79 Å². The molecular weight excluding hydrogens is 252 g/mol. The molecule has 1 saturated carbocycles. The van der Waals surface area contributed by atoms with Crippen LogP contribution in [0.2, 0.25) is 0 Å². The van der Waals surface area contributed by atoms with Crippen LogP contribution < -0.4 is 11.1 Å². The normalized spacial score (nSPS) is 16.2. The molecule has 1 aromatic carbocycles. The average Bonchev–Trinajstić information content (AvgIpc) is 3.23. The molecule has 0 spiro atoms. The lowest BCUT2D eigenvalue weighted by Crippen LogP contribution is -2.29. The molecule has 0 aliphatic heterocycles. The van der Waals surface area contributed by atoms with Crippen LogP contribution in [0, 0.1) is 5.41 Å². The number of carbonyl (C=O) groups excluding carboxylic acids is 1. The Morgan fingerprint density at radius 3 is 2.70 bits per heavy atom. The van der Waals surface area contributed by atoms with Crippen LogP contribution in [0.15, 0.2) is 30.3 Å². The van der Waals surface area contributed by atoms with Crippen LogP contribution in [0.25, 0.3) is 6.08 Å². The Morgan fingerprint density at radius 1 is 1.40 bits per heavy atom. The first-order valence-electron chi connectivity index (χ1n) is 6.94. The molecule has 0 unspecified atom stereocenters. The molecule has 3 N–H and O–H groups in total. The number of nitrogens with two attached hydrogens (primary N) is 1. The molecule has 0 saturated heterocycles. The lowest BCUT2D eigenvalue weighted by atomic mass is 10.0. The van der Waals surface area contributed by atoms with Gasteiger partial charge in [0.25, 0.3) is 0 Å². The Kier molecular flexibility index (Phi) is 4.79. The molecule has 0 heterocycles. The Bertz CT molecular complexity index is 476. The molecule has 1 aliphatic rings. The van der Waals surface area contributed by atoms with Crippen molar-refractivity contribution in [2.24, 2.45) is 5.41 Å². The van der Waals surface area contributed by atoms with Gasteiger partial charge in [0, 0.05) is 32.0 Å². The van der Waals surface area contributed by atoms with E-state index in [1.165, 1.54) is 12.8 Å². The summed E-state index contributed by atoms with van der Waals surface area (Å²) in [6.07, 6.45) is 6.74. The lowest BCUT2D eigenvalue weighted by Gasteiger charge is -2.14. The Labute approximate surface area is 120 Å². The van der Waals surface area contributed by atoms with Crippen molar-refractivity contribution >= 4 is 17.7 Å². The molecule has 1 aromatic rings. The van der Waals surface area contributed by atoms with E-state index < -0.39 is 0 Å². The van der Waals surface area contributed by atoms with E-state index in [1.54, 1.807) is 19.3 Å². The molecule has 0 bridgehead atoms. The summed E-state index contributed by atoms with van der Waals surface area (Å²) >= 11 is 0. The average molecular weight is 274 g/mol. The Balaban J connectivity index is 1.76. The van der Waals surface area contributed by atoms with Crippen molar-refractivity contribution in [2.75, 3.05) is 26.0 Å². The second-order valence-electron chi connectivity index (χ2n) is 5.46. The second-order valence-corrected chi connectivity index (χ2v) is 5.46. The molecule has 2 rings (SSSR count). The molecule has 108 valence electrons. The van der Waals surface area contributed by atoms with Gasteiger partial charge in [-0.25, -0.2) is 0 Å². The predicted octanol–water partition coefficient (Wildman–Crippen LogP) is 2.21. The SMILES string of the molecule is COCCC1(CNC(=O)/C=C/c2ccc(N)cc2)CC1. The summed E-state index contributed by atoms with van der Waals surface area (Å²) in [4.78, 5) is 11.8. The lowest BCUT2D eigenvalue weighted by molar-refractivity contribution is -0.116. The summed E-state index contributed by atoms with van der Waals surface area (Å²) < 4.78 is 5.10. The number of hydrogen-bond acceptors (Lipinski definition) is 3. The van der Waals surface area contributed by atoms with Gasteiger partial charge < -0.3 is 15.8 Å². The van der Waals surface area contributed by atoms with Crippen LogP contribution in [0.5, 0.6) is 0 Å². The van der Waals surface area contributed by atoms with E-state index in [0.29, 0.717) is 0 Å². The fraction of sp³-hybridized carbons (Fsp3) is 0.438. The fourth-order valence-corrected chi connectivity index (χ4v) is 2.12. The number of nitrogens with one attached hydrogen (secondary N) is 1. The number of carbonyl (C=O) groups is 1. The van der Waals surface area contributed by atoms with E-state index in [9.17, 15) is 4.79 Å². The molecule has 1 aliphatic carbocycles. The van der Waals surface area contributed by atoms with Crippen LogP contribution in [-0.4, -0.2) is 26.2 Å². The van der Waals surface area contributed by atoms with Crippen LogP contribution in [-0.2, 0) is 9.53 Å². The summed E-state index contributed by atoms with van der Waals surface area (Å²) in [5.74, 6) is -0.0504. The second kappa shape index (κ2) is 6.57. The first-order chi connectivity index (χ1) is 9.63. The van der Waals surface area contributed by atoms with Gasteiger partial charge in [0.2, 0.25) is 5.91 Å². The highest BCUT2D eigenvalue weighted by molar-refractivity contribution is 5.91. The highest BCUT2D eigenvalue weighted by Crippen LogP contribution is 2.48. The minimum atomic E-state index is -0.0504. The number of rotatable bonds is 7. The van der Waals surface area contributed by atoms with Crippen molar-refractivity contribution < 1.29 is 9.53 Å². The standard InChI is InChI=1S/C16H22N2O2/c1-20-11-10-16(8-9-16)12-18-15(19)7-4-13-2-5-14(17)6-3-13/h2-7H,8-12,17H2,1H3,(H,18,19)/b7-4+. The third-order valence-electron chi connectivity index (χ3n) is 3.79. The van der Waals surface area contributed by atoms with Gasteiger partial charge in [0.1, 0.15) is 0 Å². The van der Waals surface area contributed by atoms with Crippen molar-refractivity contribution in [1.82, 2.24) is 5.32 Å². The minimum Gasteiger partial charge on any atom is -0.399 e. The number of hydrogen-bond donors (Lipinski definition) is 2. The third kappa shape index (κ3) is 4.38. The van der Waals surface area contributed by atoms with Crippen LogP contribution in [0.3, 0.4) is 0 Å². The van der Waals surface area contributed by atoms with E-state index in [4.69, 9.17) is 10.5 Å². The van der Waals surface area contributed by atoms with Crippen LogP contribution in [0.1, 0.15) is 24.8 Å². The number of ether oxygens (including phenoxy) is 1. The number of nitrogen functional groups attached to an aromatic ring is 1. The molecule has 0 aromatic heterocycles. The summed E-state index contributed by atoms with van der Waals surface area (Å²) in [6, 6.07) is 7.42. The highest BCUT2D eigenvalue weighted by Gasteiger charge is 2.41. The van der Waals surface area contributed by atoms with Crippen molar-refractivity contribution in [3.05, 3.63) is 35.9 Å². The number of benzene rings is 1. The van der Waals surface area contributed by atoms with E-state index in [2.05, 4.69) is 5.32 Å².